The number of likely N-dealkylation sites (tertiary alicyclic amines) is 1. The van der Waals surface area contributed by atoms with Crippen LogP contribution in [-0.2, 0) is 0 Å². The zero-order chi connectivity index (χ0) is 20.4. The van der Waals surface area contributed by atoms with Gasteiger partial charge >= 0.3 is 6.03 Å². The molecule has 1 aliphatic carbocycles. The Hall–Kier alpha value is -2.35. The number of rotatable bonds is 4. The van der Waals surface area contributed by atoms with E-state index >= 15 is 0 Å². The topological polar surface area (TPSA) is 65.1 Å². The molecular formula is C21H29FN4O3. The molecule has 0 aromatic heterocycles. The summed E-state index contributed by atoms with van der Waals surface area (Å²) in [5, 5.41) is 2.46. The summed E-state index contributed by atoms with van der Waals surface area (Å²) in [6.07, 6.45) is 4.70. The van der Waals surface area contributed by atoms with Gasteiger partial charge in [-0.1, -0.05) is 6.42 Å². The molecule has 0 radical (unpaired) electrons. The van der Waals surface area contributed by atoms with Gasteiger partial charge < -0.3 is 19.9 Å². The first-order valence-corrected chi connectivity index (χ1v) is 10.5. The molecular weight excluding hydrogens is 375 g/mol. The Balaban J connectivity index is 1.25. The van der Waals surface area contributed by atoms with Gasteiger partial charge in [0.2, 0.25) is 0 Å². The summed E-state index contributed by atoms with van der Waals surface area (Å²) in [6, 6.07) is 4.94. The van der Waals surface area contributed by atoms with E-state index in [-0.39, 0.29) is 29.4 Å². The average molecular weight is 404 g/mol. The monoisotopic (exact) mass is 404 g/mol. The lowest BCUT2D eigenvalue weighted by atomic mass is 9.91. The lowest BCUT2D eigenvalue weighted by Gasteiger charge is -2.41. The molecule has 1 aromatic rings. The smallest absolute Gasteiger partial charge is 0.320 e. The van der Waals surface area contributed by atoms with Crippen molar-refractivity contribution in [2.24, 2.45) is 0 Å². The third-order valence-corrected chi connectivity index (χ3v) is 6.23. The average Bonchev–Trinajstić information content (AvgIpc) is 2.89. The Morgan fingerprint density at radius 1 is 1.07 bits per heavy atom. The highest BCUT2D eigenvalue weighted by molar-refractivity contribution is 5.94. The zero-order valence-electron chi connectivity index (χ0n) is 16.9. The molecule has 2 aliphatic heterocycles. The summed E-state index contributed by atoms with van der Waals surface area (Å²) < 4.78 is 19.9. The molecule has 7 nitrogen and oxygen atoms in total. The number of ether oxygens (including phenoxy) is 1. The molecule has 0 unspecified atom stereocenters. The fraction of sp³-hybridized carbons (Fsp3) is 0.619. The van der Waals surface area contributed by atoms with Crippen LogP contribution in [0.15, 0.2) is 18.2 Å². The molecule has 1 N–H and O–H groups in total. The summed E-state index contributed by atoms with van der Waals surface area (Å²) in [6.45, 7) is 4.50. The van der Waals surface area contributed by atoms with Gasteiger partial charge in [-0.25, -0.2) is 9.18 Å². The predicted octanol–water partition coefficient (Wildman–Crippen LogP) is 1.93. The molecule has 3 fully saturated rings. The number of nitrogens with zero attached hydrogens (tertiary/aromatic N) is 3. The van der Waals surface area contributed by atoms with Crippen LogP contribution in [-0.4, -0.2) is 85.1 Å². The standard InChI is InChI=1S/C21H29FN4O3/c1-23-20(27)15-6-7-19(18(22)12-15)29-17-13-26(14-17)21(28)25-9-3-8-24(10-11-25)16-4-2-5-16/h6-7,12,16-17H,2-5,8-11,13-14H2,1H3,(H,23,27). The van der Waals surface area contributed by atoms with E-state index in [1.807, 2.05) is 4.90 Å². The number of halogens is 1. The predicted molar refractivity (Wildman–Crippen MR) is 107 cm³/mol. The molecule has 2 heterocycles. The molecule has 29 heavy (non-hydrogen) atoms. The van der Waals surface area contributed by atoms with Gasteiger partial charge in [-0.05, 0) is 37.5 Å². The Morgan fingerprint density at radius 3 is 2.52 bits per heavy atom. The fourth-order valence-electron chi connectivity index (χ4n) is 4.18. The molecule has 3 aliphatic rings. The molecule has 158 valence electrons. The van der Waals surface area contributed by atoms with Gasteiger partial charge in [0, 0.05) is 44.8 Å². The number of carbonyl (C=O) groups is 2. The third-order valence-electron chi connectivity index (χ3n) is 6.23. The number of hydrogen-bond donors (Lipinski definition) is 1. The summed E-state index contributed by atoms with van der Waals surface area (Å²) in [4.78, 5) is 30.6. The number of nitrogens with one attached hydrogen (secondary N) is 1. The van der Waals surface area contributed by atoms with Crippen molar-refractivity contribution in [1.29, 1.82) is 0 Å². The number of urea groups is 1. The maximum Gasteiger partial charge on any atom is 0.320 e. The largest absolute Gasteiger partial charge is 0.484 e. The van der Waals surface area contributed by atoms with Crippen LogP contribution in [0.2, 0.25) is 0 Å². The van der Waals surface area contributed by atoms with Gasteiger partial charge in [0.25, 0.3) is 5.91 Å². The molecule has 2 saturated heterocycles. The van der Waals surface area contributed by atoms with Gasteiger partial charge in [0.1, 0.15) is 6.10 Å². The second kappa shape index (κ2) is 8.57. The Bertz CT molecular complexity index is 764. The molecule has 8 heteroatoms. The summed E-state index contributed by atoms with van der Waals surface area (Å²) >= 11 is 0. The molecule has 3 amide bonds. The van der Waals surface area contributed by atoms with Gasteiger partial charge in [0.15, 0.2) is 11.6 Å². The number of carbonyl (C=O) groups excluding carboxylic acids is 2. The molecule has 0 atom stereocenters. The van der Waals surface area contributed by atoms with Crippen molar-refractivity contribution in [1.82, 2.24) is 20.0 Å². The van der Waals surface area contributed by atoms with Gasteiger partial charge in [-0.3, -0.25) is 9.69 Å². The molecule has 0 bridgehead atoms. The third kappa shape index (κ3) is 4.32. The van der Waals surface area contributed by atoms with Crippen LogP contribution >= 0.6 is 0 Å². The summed E-state index contributed by atoms with van der Waals surface area (Å²) in [5.41, 5.74) is 0.250. The Labute approximate surface area is 170 Å². The normalized spacial score (nSPS) is 21.2. The minimum atomic E-state index is -0.570. The van der Waals surface area contributed by atoms with Crippen LogP contribution in [0.1, 0.15) is 36.0 Å². The lowest BCUT2D eigenvalue weighted by Crippen LogP contribution is -2.60. The Morgan fingerprint density at radius 2 is 1.86 bits per heavy atom. The van der Waals surface area contributed by atoms with E-state index in [0.717, 1.165) is 38.6 Å². The summed E-state index contributed by atoms with van der Waals surface area (Å²) in [7, 11) is 1.50. The second-order valence-corrected chi connectivity index (χ2v) is 8.11. The second-order valence-electron chi connectivity index (χ2n) is 8.11. The maximum atomic E-state index is 14.2. The van der Waals surface area contributed by atoms with Gasteiger partial charge in [-0.2, -0.15) is 0 Å². The van der Waals surface area contributed by atoms with E-state index < -0.39 is 5.82 Å². The van der Waals surface area contributed by atoms with E-state index in [0.29, 0.717) is 13.1 Å². The van der Waals surface area contributed by atoms with Crippen LogP contribution in [0.25, 0.3) is 0 Å². The van der Waals surface area contributed by atoms with E-state index in [4.69, 9.17) is 4.74 Å². The molecule has 4 rings (SSSR count). The first kappa shape index (κ1) is 19.9. The van der Waals surface area contributed by atoms with Crippen molar-refractivity contribution in [2.75, 3.05) is 46.3 Å². The van der Waals surface area contributed by atoms with Crippen LogP contribution in [0.5, 0.6) is 5.75 Å². The van der Waals surface area contributed by atoms with Crippen molar-refractivity contribution in [3.63, 3.8) is 0 Å². The minimum Gasteiger partial charge on any atom is -0.484 e. The SMILES string of the molecule is CNC(=O)c1ccc(OC2CN(C(=O)N3CCCN(C4CCC4)CC3)C2)c(F)c1. The maximum absolute atomic E-state index is 14.2. The van der Waals surface area contributed by atoms with Crippen molar-refractivity contribution < 1.29 is 18.7 Å². The molecule has 1 aromatic carbocycles. The number of hydrogen-bond acceptors (Lipinski definition) is 4. The van der Waals surface area contributed by atoms with Crippen LogP contribution in [0.4, 0.5) is 9.18 Å². The van der Waals surface area contributed by atoms with E-state index in [2.05, 4.69) is 10.2 Å². The van der Waals surface area contributed by atoms with Crippen LogP contribution in [0.3, 0.4) is 0 Å². The van der Waals surface area contributed by atoms with Crippen LogP contribution < -0.4 is 10.1 Å². The number of amides is 3. The minimum absolute atomic E-state index is 0.0516. The zero-order valence-corrected chi connectivity index (χ0v) is 16.9. The quantitative estimate of drug-likeness (QED) is 0.833. The fourth-order valence-corrected chi connectivity index (χ4v) is 4.18. The first-order chi connectivity index (χ1) is 14.0. The first-order valence-electron chi connectivity index (χ1n) is 10.5. The highest BCUT2D eigenvalue weighted by Gasteiger charge is 2.36. The highest BCUT2D eigenvalue weighted by atomic mass is 19.1. The van der Waals surface area contributed by atoms with Gasteiger partial charge in [0.05, 0.1) is 13.1 Å². The number of benzene rings is 1. The lowest BCUT2D eigenvalue weighted by molar-refractivity contribution is 0.0287. The van der Waals surface area contributed by atoms with Crippen molar-refractivity contribution in [3.05, 3.63) is 29.6 Å². The molecule has 1 saturated carbocycles. The highest BCUT2D eigenvalue weighted by Crippen LogP contribution is 2.26. The van der Waals surface area contributed by atoms with E-state index in [1.165, 1.54) is 44.5 Å². The summed E-state index contributed by atoms with van der Waals surface area (Å²) in [5.74, 6) is -0.802. The van der Waals surface area contributed by atoms with E-state index in [1.54, 1.807) is 4.90 Å². The molecule has 0 spiro atoms. The van der Waals surface area contributed by atoms with Crippen LogP contribution in [0, 0.1) is 5.82 Å². The van der Waals surface area contributed by atoms with Crippen molar-refractivity contribution in [2.45, 2.75) is 37.8 Å². The Kier molecular flexibility index (Phi) is 5.89. The van der Waals surface area contributed by atoms with E-state index in [9.17, 15) is 14.0 Å². The van der Waals surface area contributed by atoms with Crippen molar-refractivity contribution in [3.8, 4) is 5.75 Å². The van der Waals surface area contributed by atoms with Gasteiger partial charge in [-0.15, -0.1) is 0 Å². The van der Waals surface area contributed by atoms with Crippen molar-refractivity contribution >= 4 is 11.9 Å².